The summed E-state index contributed by atoms with van der Waals surface area (Å²) in [6, 6.07) is 17.7. The van der Waals surface area contributed by atoms with E-state index >= 15 is 0 Å². The Balaban J connectivity index is 1.60. The molecule has 22 heavy (non-hydrogen) atoms. The van der Waals surface area contributed by atoms with Crippen molar-refractivity contribution < 1.29 is 9.53 Å². The van der Waals surface area contributed by atoms with Gasteiger partial charge in [-0.3, -0.25) is 0 Å². The molecule has 0 spiro atoms. The van der Waals surface area contributed by atoms with Gasteiger partial charge in [-0.15, -0.1) is 0 Å². The van der Waals surface area contributed by atoms with E-state index in [4.69, 9.17) is 4.74 Å². The molecule has 1 aliphatic rings. The van der Waals surface area contributed by atoms with Gasteiger partial charge in [0.05, 0.1) is 12.2 Å². The second-order valence-corrected chi connectivity index (χ2v) is 5.69. The van der Waals surface area contributed by atoms with Gasteiger partial charge in [0, 0.05) is 0 Å². The molecule has 0 radical (unpaired) electrons. The lowest BCUT2D eigenvalue weighted by atomic mass is 9.95. The van der Waals surface area contributed by atoms with Crippen molar-refractivity contribution in [1.29, 1.82) is 0 Å². The molecule has 112 valence electrons. The van der Waals surface area contributed by atoms with Crippen LogP contribution in [0.4, 0.5) is 0 Å². The molecule has 0 saturated carbocycles. The second kappa shape index (κ2) is 7.08. The SMILES string of the molecule is O=C(OCC1CC=CCC1)c1ccc(-c2ccccc2)cc1. The molecule has 0 amide bonds. The first-order chi connectivity index (χ1) is 10.8. The Hall–Kier alpha value is -2.35. The van der Waals surface area contributed by atoms with Crippen molar-refractivity contribution in [2.45, 2.75) is 19.3 Å². The highest BCUT2D eigenvalue weighted by atomic mass is 16.5. The predicted molar refractivity (Wildman–Crippen MR) is 88.6 cm³/mol. The summed E-state index contributed by atoms with van der Waals surface area (Å²) in [4.78, 5) is 12.1. The van der Waals surface area contributed by atoms with Gasteiger partial charge in [-0.2, -0.15) is 0 Å². The van der Waals surface area contributed by atoms with Gasteiger partial charge >= 0.3 is 5.97 Å². The van der Waals surface area contributed by atoms with Crippen LogP contribution in [0.1, 0.15) is 29.6 Å². The summed E-state index contributed by atoms with van der Waals surface area (Å²) < 4.78 is 5.44. The molecule has 1 aliphatic carbocycles. The lowest BCUT2D eigenvalue weighted by molar-refractivity contribution is 0.0432. The lowest BCUT2D eigenvalue weighted by Gasteiger charge is -2.17. The van der Waals surface area contributed by atoms with E-state index < -0.39 is 0 Å². The molecule has 0 aromatic heterocycles. The molecule has 0 fully saturated rings. The normalized spacial score (nSPS) is 17.2. The van der Waals surface area contributed by atoms with E-state index in [1.54, 1.807) is 0 Å². The Morgan fingerprint density at radius 1 is 0.955 bits per heavy atom. The molecule has 1 atom stereocenters. The van der Waals surface area contributed by atoms with E-state index in [9.17, 15) is 4.79 Å². The molecule has 1 unspecified atom stereocenters. The fourth-order valence-corrected chi connectivity index (χ4v) is 2.71. The van der Waals surface area contributed by atoms with Crippen LogP contribution in [0.2, 0.25) is 0 Å². The van der Waals surface area contributed by atoms with Gasteiger partial charge < -0.3 is 4.74 Å². The van der Waals surface area contributed by atoms with Crippen LogP contribution < -0.4 is 0 Å². The predicted octanol–water partition coefficient (Wildman–Crippen LogP) is 4.87. The van der Waals surface area contributed by atoms with Crippen molar-refractivity contribution in [2.24, 2.45) is 5.92 Å². The molecule has 2 heteroatoms. The van der Waals surface area contributed by atoms with E-state index in [-0.39, 0.29) is 5.97 Å². The maximum absolute atomic E-state index is 12.1. The Labute approximate surface area is 131 Å². The summed E-state index contributed by atoms with van der Waals surface area (Å²) in [6.07, 6.45) is 7.59. The molecule has 2 aromatic rings. The molecule has 0 N–H and O–H groups in total. The zero-order valence-electron chi connectivity index (χ0n) is 12.6. The average molecular weight is 292 g/mol. The summed E-state index contributed by atoms with van der Waals surface area (Å²) in [6.45, 7) is 0.517. The number of allylic oxidation sites excluding steroid dienone is 2. The van der Waals surface area contributed by atoms with Crippen LogP contribution in [0.25, 0.3) is 11.1 Å². The Morgan fingerprint density at radius 3 is 2.36 bits per heavy atom. The number of ether oxygens (including phenoxy) is 1. The maximum Gasteiger partial charge on any atom is 0.338 e. The highest BCUT2D eigenvalue weighted by Crippen LogP contribution is 2.21. The van der Waals surface area contributed by atoms with Gasteiger partial charge in [0.1, 0.15) is 0 Å². The average Bonchev–Trinajstić information content (AvgIpc) is 2.61. The molecule has 0 heterocycles. The fourth-order valence-electron chi connectivity index (χ4n) is 2.71. The van der Waals surface area contributed by atoms with Crippen molar-refractivity contribution in [1.82, 2.24) is 0 Å². The largest absolute Gasteiger partial charge is 0.462 e. The Kier molecular flexibility index (Phi) is 4.69. The quantitative estimate of drug-likeness (QED) is 0.594. The molecular weight excluding hydrogens is 272 g/mol. The van der Waals surface area contributed by atoms with E-state index in [1.165, 1.54) is 0 Å². The van der Waals surface area contributed by atoms with Crippen LogP contribution >= 0.6 is 0 Å². The van der Waals surface area contributed by atoms with Crippen LogP contribution in [-0.2, 0) is 4.74 Å². The minimum atomic E-state index is -0.228. The van der Waals surface area contributed by atoms with E-state index in [0.717, 1.165) is 30.4 Å². The van der Waals surface area contributed by atoms with Crippen molar-refractivity contribution >= 4 is 5.97 Å². The highest BCUT2D eigenvalue weighted by molar-refractivity contribution is 5.90. The van der Waals surface area contributed by atoms with Gasteiger partial charge in [-0.25, -0.2) is 4.79 Å². The van der Waals surface area contributed by atoms with Crippen LogP contribution in [-0.4, -0.2) is 12.6 Å². The number of esters is 1. The third kappa shape index (κ3) is 3.64. The van der Waals surface area contributed by atoms with Gasteiger partial charge in [0.2, 0.25) is 0 Å². The first-order valence-corrected chi connectivity index (χ1v) is 7.80. The third-order valence-electron chi connectivity index (χ3n) is 4.06. The van der Waals surface area contributed by atoms with Crippen molar-refractivity contribution in [2.75, 3.05) is 6.61 Å². The molecule has 2 nitrogen and oxygen atoms in total. The Morgan fingerprint density at radius 2 is 1.68 bits per heavy atom. The number of hydrogen-bond acceptors (Lipinski definition) is 2. The van der Waals surface area contributed by atoms with Gasteiger partial charge in [0.25, 0.3) is 0 Å². The minimum absolute atomic E-state index is 0.228. The summed E-state index contributed by atoms with van der Waals surface area (Å²) >= 11 is 0. The smallest absolute Gasteiger partial charge is 0.338 e. The monoisotopic (exact) mass is 292 g/mol. The maximum atomic E-state index is 12.1. The highest BCUT2D eigenvalue weighted by Gasteiger charge is 2.14. The van der Waals surface area contributed by atoms with Crippen LogP contribution in [0, 0.1) is 5.92 Å². The molecule has 0 aliphatic heterocycles. The Bertz CT molecular complexity index is 641. The number of benzene rings is 2. The third-order valence-corrected chi connectivity index (χ3v) is 4.06. The topological polar surface area (TPSA) is 26.3 Å². The molecular formula is C20H20O2. The fraction of sp³-hybridized carbons (Fsp3) is 0.250. The second-order valence-electron chi connectivity index (χ2n) is 5.69. The van der Waals surface area contributed by atoms with Crippen molar-refractivity contribution in [3.8, 4) is 11.1 Å². The first kappa shape index (κ1) is 14.6. The van der Waals surface area contributed by atoms with Crippen molar-refractivity contribution in [3.05, 3.63) is 72.3 Å². The van der Waals surface area contributed by atoms with E-state index in [0.29, 0.717) is 18.1 Å². The summed E-state index contributed by atoms with van der Waals surface area (Å²) in [5.41, 5.74) is 2.87. The minimum Gasteiger partial charge on any atom is -0.462 e. The number of carbonyl (C=O) groups excluding carboxylic acids is 1. The van der Waals surface area contributed by atoms with Crippen molar-refractivity contribution in [3.63, 3.8) is 0 Å². The number of rotatable bonds is 4. The number of hydrogen-bond donors (Lipinski definition) is 0. The zero-order chi connectivity index (χ0) is 15.2. The molecule has 0 saturated heterocycles. The molecule has 3 rings (SSSR count). The van der Waals surface area contributed by atoms with Crippen LogP contribution in [0.15, 0.2) is 66.7 Å². The van der Waals surface area contributed by atoms with Gasteiger partial charge in [-0.1, -0.05) is 54.6 Å². The molecule has 0 bridgehead atoms. The van der Waals surface area contributed by atoms with E-state index in [1.807, 2.05) is 42.5 Å². The van der Waals surface area contributed by atoms with E-state index in [2.05, 4.69) is 24.3 Å². The molecule has 2 aromatic carbocycles. The summed E-state index contributed by atoms with van der Waals surface area (Å²) in [5, 5.41) is 0. The summed E-state index contributed by atoms with van der Waals surface area (Å²) in [5.74, 6) is 0.242. The number of carbonyl (C=O) groups is 1. The van der Waals surface area contributed by atoms with Crippen LogP contribution in [0.5, 0.6) is 0 Å². The standard InChI is InChI=1S/C20H20O2/c21-20(22-15-16-7-3-1-4-8-16)19-13-11-18(12-14-19)17-9-5-2-6-10-17/h1-3,5-6,9-14,16H,4,7-8,15H2. The van der Waals surface area contributed by atoms with Gasteiger partial charge in [-0.05, 0) is 48.4 Å². The lowest BCUT2D eigenvalue weighted by Crippen LogP contribution is -2.15. The summed E-state index contributed by atoms with van der Waals surface area (Å²) in [7, 11) is 0. The zero-order valence-corrected chi connectivity index (χ0v) is 12.6. The van der Waals surface area contributed by atoms with Gasteiger partial charge in [0.15, 0.2) is 0 Å². The first-order valence-electron chi connectivity index (χ1n) is 7.80. The van der Waals surface area contributed by atoms with Crippen LogP contribution in [0.3, 0.4) is 0 Å².